The molecule has 2 amide bonds. The van der Waals surface area contributed by atoms with E-state index in [1.54, 1.807) is 41.8 Å². The quantitative estimate of drug-likeness (QED) is 0.183. The third-order valence-corrected chi connectivity index (χ3v) is 10.2. The topological polar surface area (TPSA) is 108 Å². The molecule has 11 heteroatoms. The molecule has 50 heavy (non-hydrogen) atoms. The first kappa shape index (κ1) is 35.6. The van der Waals surface area contributed by atoms with Crippen molar-refractivity contribution < 1.29 is 33.4 Å². The standard InChI is InChI=1S/C39H43BrFN3O6/c1-39(2,38(47)48)18-17-35(45)43-23-28-21-32(25-7-13-30(14-8-25)49-19-20-50-31-15-9-27(40)10-16-31)36(34(24-43)42-28)37(46)44(29-11-12-29)22-26-5-3-4-6-33(26)41/h3-10,13-16,28-29,34,42H,11-12,17-24H2,1-2H3,(H,47,48)/t28-,34-/m1/s1. The largest absolute Gasteiger partial charge is 0.490 e. The minimum atomic E-state index is -1.02. The Morgan fingerprint density at radius 1 is 0.960 bits per heavy atom. The van der Waals surface area contributed by atoms with E-state index in [-0.39, 0.29) is 55.6 Å². The van der Waals surface area contributed by atoms with Gasteiger partial charge in [0.1, 0.15) is 30.5 Å². The number of benzene rings is 3. The van der Waals surface area contributed by atoms with Gasteiger partial charge in [-0.1, -0.05) is 46.3 Å². The zero-order chi connectivity index (χ0) is 35.4. The highest BCUT2D eigenvalue weighted by atomic mass is 79.9. The molecule has 2 heterocycles. The number of ether oxygens (including phenoxy) is 2. The Kier molecular flexibility index (Phi) is 10.9. The number of fused-ring (bicyclic) bond motifs is 2. The highest BCUT2D eigenvalue weighted by Crippen LogP contribution is 2.38. The van der Waals surface area contributed by atoms with Gasteiger partial charge in [0.05, 0.1) is 11.5 Å². The lowest BCUT2D eigenvalue weighted by atomic mass is 9.82. The van der Waals surface area contributed by atoms with Crippen molar-refractivity contribution in [1.29, 1.82) is 0 Å². The number of carbonyl (C=O) groups is 3. The molecule has 2 fully saturated rings. The molecule has 2 bridgehead atoms. The second kappa shape index (κ2) is 15.3. The zero-order valence-corrected chi connectivity index (χ0v) is 30.0. The molecule has 6 rings (SSSR count). The van der Waals surface area contributed by atoms with E-state index >= 15 is 0 Å². The Bertz CT molecular complexity index is 1740. The fraction of sp³-hybridized carbons (Fsp3) is 0.410. The molecule has 2 atom stereocenters. The number of carboxylic acids is 1. The van der Waals surface area contributed by atoms with Gasteiger partial charge in [0.15, 0.2) is 0 Å². The second-order valence-electron chi connectivity index (χ2n) is 13.9. The molecule has 1 saturated carbocycles. The van der Waals surface area contributed by atoms with Crippen LogP contribution in [0, 0.1) is 11.2 Å². The van der Waals surface area contributed by atoms with Crippen molar-refractivity contribution in [3.05, 3.63) is 99.8 Å². The van der Waals surface area contributed by atoms with Gasteiger partial charge in [0.25, 0.3) is 5.91 Å². The van der Waals surface area contributed by atoms with Crippen molar-refractivity contribution in [2.45, 2.75) is 70.6 Å². The molecular formula is C39H43BrFN3O6. The van der Waals surface area contributed by atoms with Crippen LogP contribution in [0.1, 0.15) is 57.1 Å². The molecule has 1 saturated heterocycles. The maximum absolute atomic E-state index is 14.8. The average molecular weight is 749 g/mol. The highest BCUT2D eigenvalue weighted by Gasteiger charge is 2.43. The summed E-state index contributed by atoms with van der Waals surface area (Å²) in [6.45, 7) is 4.87. The first-order valence-corrected chi connectivity index (χ1v) is 17.9. The van der Waals surface area contributed by atoms with E-state index in [0.717, 1.165) is 34.2 Å². The van der Waals surface area contributed by atoms with Crippen LogP contribution >= 0.6 is 15.9 Å². The molecule has 264 valence electrons. The van der Waals surface area contributed by atoms with E-state index < -0.39 is 17.4 Å². The van der Waals surface area contributed by atoms with Gasteiger partial charge in [0, 0.05) is 53.7 Å². The average Bonchev–Trinajstić information content (AvgIpc) is 3.95. The van der Waals surface area contributed by atoms with E-state index in [9.17, 15) is 23.9 Å². The van der Waals surface area contributed by atoms with Gasteiger partial charge >= 0.3 is 5.97 Å². The van der Waals surface area contributed by atoms with Crippen LogP contribution in [0.3, 0.4) is 0 Å². The first-order chi connectivity index (χ1) is 24.0. The van der Waals surface area contributed by atoms with E-state index in [1.165, 1.54) is 6.07 Å². The van der Waals surface area contributed by atoms with Crippen molar-refractivity contribution >= 4 is 39.3 Å². The lowest BCUT2D eigenvalue weighted by molar-refractivity contribution is -0.148. The van der Waals surface area contributed by atoms with E-state index in [1.807, 2.05) is 48.5 Å². The Hall–Kier alpha value is -4.22. The van der Waals surface area contributed by atoms with E-state index in [2.05, 4.69) is 21.2 Å². The van der Waals surface area contributed by atoms with Crippen LogP contribution in [0.15, 0.2) is 82.8 Å². The van der Waals surface area contributed by atoms with Crippen LogP contribution in [0.5, 0.6) is 11.5 Å². The van der Waals surface area contributed by atoms with Crippen molar-refractivity contribution in [1.82, 2.24) is 15.1 Å². The number of aliphatic carboxylic acids is 1. The van der Waals surface area contributed by atoms with Gasteiger partial charge in [-0.25, -0.2) is 4.39 Å². The summed E-state index contributed by atoms with van der Waals surface area (Å²) in [5, 5.41) is 13.2. The van der Waals surface area contributed by atoms with Crippen LogP contribution in [0.25, 0.3) is 5.57 Å². The first-order valence-electron chi connectivity index (χ1n) is 17.1. The summed E-state index contributed by atoms with van der Waals surface area (Å²) in [7, 11) is 0. The molecule has 0 aromatic heterocycles. The molecule has 3 aromatic rings. The van der Waals surface area contributed by atoms with Crippen LogP contribution < -0.4 is 14.8 Å². The fourth-order valence-electron chi connectivity index (χ4n) is 6.58. The normalized spacial score (nSPS) is 18.8. The third-order valence-electron chi connectivity index (χ3n) is 9.71. The van der Waals surface area contributed by atoms with Gasteiger partial charge in [-0.2, -0.15) is 0 Å². The molecule has 2 aliphatic heterocycles. The zero-order valence-electron chi connectivity index (χ0n) is 28.4. The number of amides is 2. The van der Waals surface area contributed by atoms with Gasteiger partial charge in [0.2, 0.25) is 5.91 Å². The van der Waals surface area contributed by atoms with Crippen molar-refractivity contribution in [2.24, 2.45) is 5.41 Å². The molecule has 1 aliphatic carbocycles. The maximum atomic E-state index is 14.8. The van der Waals surface area contributed by atoms with E-state index in [0.29, 0.717) is 43.1 Å². The van der Waals surface area contributed by atoms with Crippen LogP contribution in [-0.4, -0.2) is 77.1 Å². The summed E-state index contributed by atoms with van der Waals surface area (Å²) in [5.74, 6) is -0.138. The van der Waals surface area contributed by atoms with Crippen molar-refractivity contribution in [2.75, 3.05) is 26.3 Å². The second-order valence-corrected chi connectivity index (χ2v) is 14.8. The summed E-state index contributed by atoms with van der Waals surface area (Å²) in [6.07, 6.45) is 2.55. The number of rotatable bonds is 14. The number of halogens is 2. The number of carbonyl (C=O) groups excluding carboxylic acids is 2. The molecule has 9 nitrogen and oxygen atoms in total. The highest BCUT2D eigenvalue weighted by molar-refractivity contribution is 9.10. The summed E-state index contributed by atoms with van der Waals surface area (Å²) in [5.41, 5.74) is 1.83. The number of carboxylic acid groups (broad SMARTS) is 1. The van der Waals surface area contributed by atoms with Gasteiger partial charge in [-0.15, -0.1) is 0 Å². The number of hydrogen-bond acceptors (Lipinski definition) is 6. The van der Waals surface area contributed by atoms with Crippen LogP contribution in [0.4, 0.5) is 4.39 Å². The Morgan fingerprint density at radius 3 is 2.22 bits per heavy atom. The lowest BCUT2D eigenvalue weighted by Crippen LogP contribution is -2.62. The molecule has 0 spiro atoms. The molecule has 3 aliphatic rings. The predicted octanol–water partition coefficient (Wildman–Crippen LogP) is 6.45. The molecule has 0 radical (unpaired) electrons. The van der Waals surface area contributed by atoms with Crippen LogP contribution in [0.2, 0.25) is 0 Å². The lowest BCUT2D eigenvalue weighted by Gasteiger charge is -2.45. The Morgan fingerprint density at radius 2 is 1.60 bits per heavy atom. The number of piperazine rings is 1. The fourth-order valence-corrected chi connectivity index (χ4v) is 6.84. The molecular weight excluding hydrogens is 705 g/mol. The van der Waals surface area contributed by atoms with E-state index in [4.69, 9.17) is 9.47 Å². The molecule has 0 unspecified atom stereocenters. The van der Waals surface area contributed by atoms with Gasteiger partial charge in [-0.3, -0.25) is 14.4 Å². The number of nitrogens with zero attached hydrogens (tertiary/aromatic N) is 2. The number of nitrogens with one attached hydrogen (secondary N) is 1. The van der Waals surface area contributed by atoms with Crippen LogP contribution in [-0.2, 0) is 20.9 Å². The summed E-state index contributed by atoms with van der Waals surface area (Å²) in [6, 6.07) is 21.3. The molecule has 2 N–H and O–H groups in total. The Labute approximate surface area is 300 Å². The summed E-state index contributed by atoms with van der Waals surface area (Å²) in [4.78, 5) is 43.3. The maximum Gasteiger partial charge on any atom is 0.309 e. The smallest absolute Gasteiger partial charge is 0.309 e. The third kappa shape index (κ3) is 8.55. The summed E-state index contributed by atoms with van der Waals surface area (Å²) < 4.78 is 27.5. The SMILES string of the molecule is CC(C)(CCC(=O)N1C[C@H]2CC(c3ccc(OCCOc4ccc(Br)cc4)cc3)=C(C(=O)N(Cc3ccccc3F)C3CC3)[C@@H](C1)N2)C(=O)O. The van der Waals surface area contributed by atoms with Crippen molar-refractivity contribution in [3.63, 3.8) is 0 Å². The Balaban J connectivity index is 1.23. The number of hydrogen-bond donors (Lipinski definition) is 2. The minimum Gasteiger partial charge on any atom is -0.490 e. The summed E-state index contributed by atoms with van der Waals surface area (Å²) >= 11 is 3.42. The van der Waals surface area contributed by atoms with Crippen molar-refractivity contribution in [3.8, 4) is 11.5 Å². The minimum absolute atomic E-state index is 0.0172. The predicted molar refractivity (Wildman–Crippen MR) is 191 cm³/mol. The monoisotopic (exact) mass is 747 g/mol. The van der Waals surface area contributed by atoms with Gasteiger partial charge < -0.3 is 29.7 Å². The molecule has 3 aromatic carbocycles. The van der Waals surface area contributed by atoms with Gasteiger partial charge in [-0.05, 0) is 93.1 Å².